The Balaban J connectivity index is 1.72. The number of hydrogen-bond acceptors (Lipinski definition) is 4. The lowest BCUT2D eigenvalue weighted by Crippen LogP contribution is -2.07. The lowest BCUT2D eigenvalue weighted by molar-refractivity contribution is 0.601. The maximum atomic E-state index is 11.7. The van der Waals surface area contributed by atoms with Gasteiger partial charge in [-0.15, -0.1) is 0 Å². The highest BCUT2D eigenvalue weighted by molar-refractivity contribution is 7.91. The standard InChI is InChI=1S/C20H18ClN3O2S/c21-17-8-6-15(7-9-17)20-16(12-22-18-10-11-27(25,26)14-18)13-24(23-20)19-4-2-1-3-5-19/h1-9,12-13,18H,10-11,14H2. The quantitative estimate of drug-likeness (QED) is 0.627. The van der Waals surface area contributed by atoms with Crippen molar-refractivity contribution < 1.29 is 8.42 Å². The molecule has 5 nitrogen and oxygen atoms in total. The van der Waals surface area contributed by atoms with Crippen molar-refractivity contribution in [1.82, 2.24) is 9.78 Å². The molecular formula is C20H18ClN3O2S. The Bertz CT molecular complexity index is 1070. The van der Waals surface area contributed by atoms with Crippen LogP contribution in [0.5, 0.6) is 0 Å². The fraction of sp³-hybridized carbons (Fsp3) is 0.200. The number of halogens is 1. The zero-order valence-corrected chi connectivity index (χ0v) is 16.1. The molecule has 0 N–H and O–H groups in total. The van der Waals surface area contributed by atoms with Gasteiger partial charge < -0.3 is 0 Å². The second kappa shape index (κ2) is 7.29. The van der Waals surface area contributed by atoms with Crippen LogP contribution >= 0.6 is 11.6 Å². The minimum absolute atomic E-state index is 0.118. The topological polar surface area (TPSA) is 64.3 Å². The summed E-state index contributed by atoms with van der Waals surface area (Å²) in [7, 11) is -2.95. The van der Waals surface area contributed by atoms with Gasteiger partial charge in [-0.1, -0.05) is 41.9 Å². The molecular weight excluding hydrogens is 382 g/mol. The van der Waals surface area contributed by atoms with Crippen LogP contribution in [0.3, 0.4) is 0 Å². The maximum absolute atomic E-state index is 11.7. The van der Waals surface area contributed by atoms with Crippen molar-refractivity contribution in [2.45, 2.75) is 12.5 Å². The van der Waals surface area contributed by atoms with E-state index in [-0.39, 0.29) is 17.5 Å². The highest BCUT2D eigenvalue weighted by atomic mass is 35.5. The summed E-state index contributed by atoms with van der Waals surface area (Å²) in [6, 6.07) is 17.1. The summed E-state index contributed by atoms with van der Waals surface area (Å²) in [5, 5.41) is 5.38. The number of nitrogens with zero attached hydrogens (tertiary/aromatic N) is 3. The van der Waals surface area contributed by atoms with Gasteiger partial charge in [0.2, 0.25) is 0 Å². The summed E-state index contributed by atoms with van der Waals surface area (Å²) in [5.74, 6) is 0.328. The molecule has 0 saturated carbocycles. The third-order valence-corrected chi connectivity index (χ3v) is 6.52. The van der Waals surface area contributed by atoms with Gasteiger partial charge in [-0.3, -0.25) is 4.99 Å². The van der Waals surface area contributed by atoms with Crippen molar-refractivity contribution in [2.75, 3.05) is 11.5 Å². The zero-order chi connectivity index (χ0) is 18.9. The SMILES string of the molecule is O=S1(=O)CCC(N=Cc2cn(-c3ccccc3)nc2-c2ccc(Cl)cc2)C1. The van der Waals surface area contributed by atoms with Crippen LogP contribution in [0.1, 0.15) is 12.0 Å². The van der Waals surface area contributed by atoms with Gasteiger partial charge in [0, 0.05) is 28.6 Å². The van der Waals surface area contributed by atoms with Gasteiger partial charge in [-0.2, -0.15) is 5.10 Å². The Hall–Kier alpha value is -2.44. The third kappa shape index (κ3) is 4.12. The summed E-state index contributed by atoms with van der Waals surface area (Å²) in [4.78, 5) is 4.52. The molecule has 0 aliphatic carbocycles. The first-order valence-corrected chi connectivity index (χ1v) is 10.8. The number of aliphatic imine (C=N–C) groups is 1. The molecule has 0 bridgehead atoms. The lowest BCUT2D eigenvalue weighted by atomic mass is 10.1. The van der Waals surface area contributed by atoms with Crippen molar-refractivity contribution in [3.63, 3.8) is 0 Å². The summed E-state index contributed by atoms with van der Waals surface area (Å²) >= 11 is 6.01. The van der Waals surface area contributed by atoms with E-state index in [0.717, 1.165) is 22.5 Å². The molecule has 3 aromatic rings. The Morgan fingerprint density at radius 3 is 2.52 bits per heavy atom. The minimum Gasteiger partial charge on any atom is -0.288 e. The van der Waals surface area contributed by atoms with E-state index in [0.29, 0.717) is 11.4 Å². The fourth-order valence-electron chi connectivity index (χ4n) is 3.11. The fourth-order valence-corrected chi connectivity index (χ4v) is 4.87. The van der Waals surface area contributed by atoms with Crippen LogP contribution in [-0.2, 0) is 9.84 Å². The highest BCUT2D eigenvalue weighted by Gasteiger charge is 2.27. The first-order chi connectivity index (χ1) is 13.0. The molecule has 1 aliphatic heterocycles. The van der Waals surface area contributed by atoms with Gasteiger partial charge in [0.15, 0.2) is 9.84 Å². The Morgan fingerprint density at radius 2 is 1.85 bits per heavy atom. The van der Waals surface area contributed by atoms with Crippen LogP contribution < -0.4 is 0 Å². The molecule has 1 saturated heterocycles. The predicted octanol–water partition coefficient (Wildman–Crippen LogP) is 3.80. The molecule has 0 spiro atoms. The van der Waals surface area contributed by atoms with Crippen molar-refractivity contribution in [2.24, 2.45) is 4.99 Å². The zero-order valence-electron chi connectivity index (χ0n) is 14.5. The molecule has 7 heteroatoms. The predicted molar refractivity (Wildman–Crippen MR) is 109 cm³/mol. The van der Waals surface area contributed by atoms with E-state index in [1.807, 2.05) is 60.8 Å². The molecule has 138 valence electrons. The number of hydrogen-bond donors (Lipinski definition) is 0. The molecule has 2 heterocycles. The van der Waals surface area contributed by atoms with Gasteiger partial charge in [0.1, 0.15) is 5.69 Å². The van der Waals surface area contributed by atoms with Crippen LogP contribution in [0.25, 0.3) is 16.9 Å². The molecule has 1 aliphatic rings. The number of aromatic nitrogens is 2. The molecule has 2 aromatic carbocycles. The van der Waals surface area contributed by atoms with Crippen molar-refractivity contribution in [1.29, 1.82) is 0 Å². The van der Waals surface area contributed by atoms with Gasteiger partial charge >= 0.3 is 0 Å². The molecule has 1 atom stereocenters. The first kappa shape index (κ1) is 17.9. The van der Waals surface area contributed by atoms with Gasteiger partial charge in [-0.05, 0) is 30.7 Å². The summed E-state index contributed by atoms with van der Waals surface area (Å²) in [5.41, 5.74) is 3.48. The number of sulfone groups is 1. The summed E-state index contributed by atoms with van der Waals surface area (Å²) < 4.78 is 25.1. The average molecular weight is 400 g/mol. The number of benzene rings is 2. The van der Waals surface area contributed by atoms with E-state index in [1.54, 1.807) is 10.9 Å². The highest BCUT2D eigenvalue weighted by Crippen LogP contribution is 2.25. The van der Waals surface area contributed by atoms with E-state index in [2.05, 4.69) is 4.99 Å². The van der Waals surface area contributed by atoms with E-state index in [1.165, 1.54) is 0 Å². The van der Waals surface area contributed by atoms with Crippen LogP contribution in [0.15, 0.2) is 65.8 Å². The van der Waals surface area contributed by atoms with E-state index in [4.69, 9.17) is 16.7 Å². The normalized spacial score (nSPS) is 18.9. The van der Waals surface area contributed by atoms with Crippen LogP contribution in [0.2, 0.25) is 5.02 Å². The Labute approximate surface area is 163 Å². The summed E-state index contributed by atoms with van der Waals surface area (Å²) in [6.45, 7) is 0. The van der Waals surface area contributed by atoms with E-state index in [9.17, 15) is 8.42 Å². The lowest BCUT2D eigenvalue weighted by Gasteiger charge is -2.01. The largest absolute Gasteiger partial charge is 0.288 e. The Kier molecular flexibility index (Phi) is 4.85. The van der Waals surface area contributed by atoms with E-state index >= 15 is 0 Å². The minimum atomic E-state index is -2.95. The van der Waals surface area contributed by atoms with Gasteiger partial charge in [0.25, 0.3) is 0 Å². The van der Waals surface area contributed by atoms with Crippen LogP contribution in [0.4, 0.5) is 0 Å². The summed E-state index contributed by atoms with van der Waals surface area (Å²) in [6.07, 6.45) is 4.22. The molecule has 1 unspecified atom stereocenters. The molecule has 0 radical (unpaired) electrons. The number of para-hydroxylation sites is 1. The smallest absolute Gasteiger partial charge is 0.152 e. The monoisotopic (exact) mass is 399 g/mol. The van der Waals surface area contributed by atoms with Crippen LogP contribution in [0, 0.1) is 0 Å². The van der Waals surface area contributed by atoms with Gasteiger partial charge in [-0.25, -0.2) is 13.1 Å². The maximum Gasteiger partial charge on any atom is 0.152 e. The van der Waals surface area contributed by atoms with Crippen molar-refractivity contribution >= 4 is 27.7 Å². The molecule has 1 aromatic heterocycles. The van der Waals surface area contributed by atoms with Crippen LogP contribution in [-0.4, -0.2) is 42.0 Å². The average Bonchev–Trinajstić information content (AvgIpc) is 3.24. The first-order valence-electron chi connectivity index (χ1n) is 8.65. The molecule has 4 rings (SSSR count). The van der Waals surface area contributed by atoms with Gasteiger partial charge in [0.05, 0.1) is 23.2 Å². The van der Waals surface area contributed by atoms with Crippen molar-refractivity contribution in [3.8, 4) is 16.9 Å². The molecule has 27 heavy (non-hydrogen) atoms. The molecule has 1 fully saturated rings. The third-order valence-electron chi connectivity index (χ3n) is 4.51. The number of rotatable bonds is 4. The second-order valence-electron chi connectivity index (χ2n) is 6.56. The Morgan fingerprint density at radius 1 is 1.11 bits per heavy atom. The van der Waals surface area contributed by atoms with E-state index < -0.39 is 9.84 Å². The second-order valence-corrected chi connectivity index (χ2v) is 9.22. The molecule has 0 amide bonds. The van der Waals surface area contributed by atoms with Crippen molar-refractivity contribution in [3.05, 3.63) is 71.4 Å².